The predicted molar refractivity (Wildman–Crippen MR) is 130 cm³/mol. The molecule has 3 rings (SSSR count). The molecule has 11 nitrogen and oxygen atoms in total. The summed E-state index contributed by atoms with van der Waals surface area (Å²) in [5.41, 5.74) is 11.6. The first-order valence-electron chi connectivity index (χ1n) is 10.8. The molecule has 1 heterocycles. The Morgan fingerprint density at radius 3 is 2.22 bits per heavy atom. The van der Waals surface area contributed by atoms with Crippen molar-refractivity contribution in [2.24, 2.45) is 11.5 Å². The number of benzene rings is 2. The summed E-state index contributed by atoms with van der Waals surface area (Å²) in [6.07, 6.45) is -1.17. The monoisotopic (exact) mass is 492 g/mol. The number of carboxylic acids is 1. The summed E-state index contributed by atoms with van der Waals surface area (Å²) in [5.74, 6) is -2.78. The maximum absolute atomic E-state index is 13.1. The minimum atomic E-state index is -1.35. The van der Waals surface area contributed by atoms with Crippen LogP contribution in [0, 0.1) is 0 Å². The maximum Gasteiger partial charge on any atom is 0.421 e. The second kappa shape index (κ2) is 11.6. The number of imide groups is 1. The molecule has 0 aliphatic rings. The van der Waals surface area contributed by atoms with Gasteiger partial charge in [-0.2, -0.15) is 0 Å². The number of carbonyl (C=O) groups excluding carboxylic acids is 3. The van der Waals surface area contributed by atoms with Crippen LogP contribution in [0.5, 0.6) is 0 Å². The third-order valence-corrected chi connectivity index (χ3v) is 5.20. The van der Waals surface area contributed by atoms with Gasteiger partial charge in [0.25, 0.3) is 11.5 Å². The van der Waals surface area contributed by atoms with Crippen molar-refractivity contribution in [1.82, 2.24) is 4.98 Å². The SMILES string of the molecule is NC(=O)CC[C@H](N)C(=O)N(C(=O)OCc1ccccc1)c1ccc(-c2ccc(C(=O)O)c(=O)[nH]2)cc1. The molecule has 0 radical (unpaired) electrons. The molecule has 2 aromatic carbocycles. The van der Waals surface area contributed by atoms with Crippen molar-refractivity contribution in [2.45, 2.75) is 25.5 Å². The fraction of sp³-hybridized carbons (Fsp3) is 0.160. The molecule has 0 saturated carbocycles. The van der Waals surface area contributed by atoms with Gasteiger partial charge in [0.15, 0.2) is 0 Å². The minimum Gasteiger partial charge on any atom is -0.477 e. The van der Waals surface area contributed by atoms with Gasteiger partial charge in [-0.25, -0.2) is 14.5 Å². The first-order chi connectivity index (χ1) is 17.2. The molecule has 1 aromatic heterocycles. The standard InChI is InChI=1S/C25H24N4O7/c26-19(11-13-21(27)30)23(32)29(25(35)36-14-15-4-2-1-3-5-15)17-8-6-16(7-9-17)20-12-10-18(24(33)34)22(31)28-20/h1-10,12,19H,11,13-14,26H2,(H2,27,30)(H,28,31)(H,33,34)/t19-/m0/s1. The Labute approximate surface area is 205 Å². The van der Waals surface area contributed by atoms with Gasteiger partial charge in [0.1, 0.15) is 12.2 Å². The van der Waals surface area contributed by atoms with Crippen molar-refractivity contribution in [3.05, 3.63) is 88.2 Å². The molecule has 0 spiro atoms. The molecule has 186 valence electrons. The first kappa shape index (κ1) is 25.8. The van der Waals surface area contributed by atoms with E-state index < -0.39 is 41.0 Å². The molecule has 6 N–H and O–H groups in total. The summed E-state index contributed by atoms with van der Waals surface area (Å²) in [4.78, 5) is 63.4. The van der Waals surface area contributed by atoms with E-state index in [0.29, 0.717) is 16.8 Å². The highest BCUT2D eigenvalue weighted by Crippen LogP contribution is 2.23. The normalized spacial score (nSPS) is 11.4. The zero-order chi connectivity index (χ0) is 26.2. The molecule has 0 saturated heterocycles. The average Bonchev–Trinajstić information content (AvgIpc) is 2.86. The van der Waals surface area contributed by atoms with Gasteiger partial charge in [-0.15, -0.1) is 0 Å². The number of pyridine rings is 1. The first-order valence-corrected chi connectivity index (χ1v) is 10.8. The molecular weight excluding hydrogens is 468 g/mol. The number of H-pyrrole nitrogens is 1. The van der Waals surface area contributed by atoms with Crippen LogP contribution < -0.4 is 21.9 Å². The molecule has 1 atom stereocenters. The number of hydrogen-bond acceptors (Lipinski definition) is 7. The van der Waals surface area contributed by atoms with Crippen LogP contribution in [0.2, 0.25) is 0 Å². The van der Waals surface area contributed by atoms with E-state index >= 15 is 0 Å². The number of primary amides is 1. The molecule has 11 heteroatoms. The second-order valence-electron chi connectivity index (χ2n) is 7.79. The predicted octanol–water partition coefficient (Wildman–Crippen LogP) is 2.00. The molecule has 0 aliphatic carbocycles. The number of nitrogens with one attached hydrogen (secondary N) is 1. The molecule has 3 aromatic rings. The van der Waals surface area contributed by atoms with Crippen molar-refractivity contribution >= 4 is 29.6 Å². The van der Waals surface area contributed by atoms with E-state index in [1.54, 1.807) is 24.3 Å². The molecule has 0 unspecified atom stereocenters. The largest absolute Gasteiger partial charge is 0.477 e. The summed E-state index contributed by atoms with van der Waals surface area (Å²) < 4.78 is 5.32. The third kappa shape index (κ3) is 6.42. The molecule has 0 fully saturated rings. The zero-order valence-corrected chi connectivity index (χ0v) is 19.0. The van der Waals surface area contributed by atoms with Gasteiger partial charge < -0.3 is 26.3 Å². The van der Waals surface area contributed by atoms with E-state index in [4.69, 9.17) is 21.3 Å². The number of rotatable bonds is 9. The van der Waals surface area contributed by atoms with Crippen molar-refractivity contribution < 1.29 is 29.0 Å². The van der Waals surface area contributed by atoms with E-state index in [0.717, 1.165) is 4.90 Å². The highest BCUT2D eigenvalue weighted by Gasteiger charge is 2.30. The molecule has 36 heavy (non-hydrogen) atoms. The van der Waals surface area contributed by atoms with E-state index in [2.05, 4.69) is 4.98 Å². The van der Waals surface area contributed by atoms with Crippen LogP contribution in [0.15, 0.2) is 71.5 Å². The number of hydrogen-bond donors (Lipinski definition) is 4. The molecular formula is C25H24N4O7. The van der Waals surface area contributed by atoms with Crippen LogP contribution in [0.1, 0.15) is 28.8 Å². The van der Waals surface area contributed by atoms with Gasteiger partial charge >= 0.3 is 12.1 Å². The number of amides is 3. The van der Waals surface area contributed by atoms with E-state index in [1.165, 1.54) is 36.4 Å². The Morgan fingerprint density at radius 2 is 1.64 bits per heavy atom. The Kier molecular flexibility index (Phi) is 8.31. The third-order valence-electron chi connectivity index (χ3n) is 5.20. The van der Waals surface area contributed by atoms with Crippen LogP contribution >= 0.6 is 0 Å². The van der Waals surface area contributed by atoms with Crippen LogP contribution in [0.25, 0.3) is 11.3 Å². The summed E-state index contributed by atoms with van der Waals surface area (Å²) in [6, 6.07) is 16.2. The number of ether oxygens (including phenoxy) is 1. The average molecular weight is 492 g/mol. The number of carbonyl (C=O) groups is 4. The number of carboxylic acid groups (broad SMARTS) is 1. The van der Waals surface area contributed by atoms with Gasteiger partial charge in [-0.1, -0.05) is 42.5 Å². The molecule has 0 aliphatic heterocycles. The van der Waals surface area contributed by atoms with Crippen LogP contribution in [-0.4, -0.2) is 40.0 Å². The van der Waals surface area contributed by atoms with Crippen LogP contribution in [0.4, 0.5) is 10.5 Å². The van der Waals surface area contributed by atoms with Crippen molar-refractivity contribution in [3.63, 3.8) is 0 Å². The van der Waals surface area contributed by atoms with Gasteiger partial charge in [-0.05, 0) is 41.8 Å². The molecule has 3 amide bonds. The lowest BCUT2D eigenvalue weighted by Gasteiger charge is -2.23. The van der Waals surface area contributed by atoms with Crippen molar-refractivity contribution in [2.75, 3.05) is 4.90 Å². The number of aromatic nitrogens is 1. The Balaban J connectivity index is 1.87. The number of aromatic amines is 1. The van der Waals surface area contributed by atoms with Gasteiger partial charge in [0.2, 0.25) is 5.91 Å². The minimum absolute atomic E-state index is 0.0636. The number of nitrogens with zero attached hydrogens (tertiary/aromatic N) is 1. The lowest BCUT2D eigenvalue weighted by Crippen LogP contribution is -2.47. The van der Waals surface area contributed by atoms with Crippen LogP contribution in [-0.2, 0) is 20.9 Å². The number of aromatic carboxylic acids is 1. The highest BCUT2D eigenvalue weighted by molar-refractivity contribution is 6.14. The maximum atomic E-state index is 13.1. The second-order valence-corrected chi connectivity index (χ2v) is 7.79. The molecule has 0 bridgehead atoms. The highest BCUT2D eigenvalue weighted by atomic mass is 16.6. The zero-order valence-electron chi connectivity index (χ0n) is 19.0. The van der Waals surface area contributed by atoms with Gasteiger partial charge in [0.05, 0.1) is 11.7 Å². The topological polar surface area (TPSA) is 186 Å². The Hall–Kier alpha value is -4.77. The van der Waals surface area contributed by atoms with Gasteiger partial charge in [-0.3, -0.25) is 14.4 Å². The summed E-state index contributed by atoms with van der Waals surface area (Å²) in [6.45, 7) is -0.0881. The quantitative estimate of drug-likeness (QED) is 0.349. The van der Waals surface area contributed by atoms with Crippen molar-refractivity contribution in [1.29, 1.82) is 0 Å². The van der Waals surface area contributed by atoms with Gasteiger partial charge in [0, 0.05) is 12.1 Å². The summed E-state index contributed by atoms with van der Waals surface area (Å²) >= 11 is 0. The fourth-order valence-electron chi connectivity index (χ4n) is 3.29. The number of anilines is 1. The summed E-state index contributed by atoms with van der Waals surface area (Å²) in [5, 5.41) is 9.02. The fourth-order valence-corrected chi connectivity index (χ4v) is 3.29. The Bertz CT molecular complexity index is 1320. The van der Waals surface area contributed by atoms with Crippen molar-refractivity contribution in [3.8, 4) is 11.3 Å². The van der Waals surface area contributed by atoms with E-state index in [-0.39, 0.29) is 25.1 Å². The Morgan fingerprint density at radius 1 is 0.972 bits per heavy atom. The van der Waals surface area contributed by atoms with E-state index in [9.17, 15) is 24.0 Å². The summed E-state index contributed by atoms with van der Waals surface area (Å²) in [7, 11) is 0. The van der Waals surface area contributed by atoms with E-state index in [1.807, 2.05) is 6.07 Å². The lowest BCUT2D eigenvalue weighted by molar-refractivity contribution is -0.120. The smallest absolute Gasteiger partial charge is 0.421 e. The number of nitrogens with two attached hydrogens (primary N) is 2. The lowest BCUT2D eigenvalue weighted by atomic mass is 10.1. The van der Waals surface area contributed by atoms with Crippen LogP contribution in [0.3, 0.4) is 0 Å².